The first-order valence-corrected chi connectivity index (χ1v) is 4.02. The third-order valence-electron chi connectivity index (χ3n) is 1.24. The van der Waals surface area contributed by atoms with Crippen LogP contribution < -0.4 is 5.73 Å². The van der Waals surface area contributed by atoms with E-state index in [2.05, 4.69) is 4.98 Å². The SMILES string of the molecule is CCC(=O)O.NCc1ccccn1.[Cu]. The van der Waals surface area contributed by atoms with Crippen LogP contribution in [0.1, 0.15) is 19.0 Å². The fraction of sp³-hybridized carbons (Fsp3) is 0.333. The number of hydrogen-bond acceptors (Lipinski definition) is 3. The van der Waals surface area contributed by atoms with Crippen LogP contribution in [0.2, 0.25) is 0 Å². The molecule has 4 nitrogen and oxygen atoms in total. The largest absolute Gasteiger partial charge is 0.481 e. The van der Waals surface area contributed by atoms with Gasteiger partial charge in [0.15, 0.2) is 0 Å². The molecule has 0 aliphatic heterocycles. The average molecular weight is 246 g/mol. The van der Waals surface area contributed by atoms with Gasteiger partial charge in [-0.25, -0.2) is 0 Å². The van der Waals surface area contributed by atoms with Crippen molar-refractivity contribution in [1.82, 2.24) is 4.98 Å². The smallest absolute Gasteiger partial charge is 0.303 e. The summed E-state index contributed by atoms with van der Waals surface area (Å²) in [6, 6.07) is 5.70. The summed E-state index contributed by atoms with van der Waals surface area (Å²) < 4.78 is 0. The first-order chi connectivity index (χ1) is 6.20. The van der Waals surface area contributed by atoms with E-state index < -0.39 is 5.97 Å². The fourth-order valence-corrected chi connectivity index (χ4v) is 0.519. The minimum Gasteiger partial charge on any atom is -0.481 e. The standard InChI is InChI=1S/C6H8N2.C3H6O2.Cu/c7-5-6-3-1-2-4-8-6;1-2-3(4)5;/h1-4H,5,7H2;2H2,1H3,(H,4,5);. The zero-order chi connectivity index (χ0) is 10.1. The maximum atomic E-state index is 9.37. The quantitative estimate of drug-likeness (QED) is 0.763. The molecular formula is C9H14CuN2O2. The van der Waals surface area contributed by atoms with E-state index in [1.54, 1.807) is 13.1 Å². The van der Waals surface area contributed by atoms with E-state index in [1.165, 1.54) is 0 Å². The molecule has 0 unspecified atom stereocenters. The third kappa shape index (κ3) is 9.19. The Labute approximate surface area is 94.0 Å². The maximum Gasteiger partial charge on any atom is 0.303 e. The summed E-state index contributed by atoms with van der Waals surface area (Å²) in [4.78, 5) is 13.3. The normalized spacial score (nSPS) is 7.86. The van der Waals surface area contributed by atoms with E-state index in [4.69, 9.17) is 10.8 Å². The van der Waals surface area contributed by atoms with Gasteiger partial charge in [0, 0.05) is 36.2 Å². The molecule has 0 amide bonds. The summed E-state index contributed by atoms with van der Waals surface area (Å²) in [6.07, 6.45) is 1.96. The Morgan fingerprint density at radius 2 is 2.14 bits per heavy atom. The van der Waals surface area contributed by atoms with Crippen molar-refractivity contribution < 1.29 is 27.0 Å². The fourth-order valence-electron chi connectivity index (χ4n) is 0.519. The van der Waals surface area contributed by atoms with Crippen LogP contribution >= 0.6 is 0 Å². The van der Waals surface area contributed by atoms with Crippen molar-refractivity contribution in [3.8, 4) is 0 Å². The summed E-state index contributed by atoms with van der Waals surface area (Å²) in [5.41, 5.74) is 6.22. The number of rotatable bonds is 2. The van der Waals surface area contributed by atoms with Gasteiger partial charge in [-0.3, -0.25) is 9.78 Å². The van der Waals surface area contributed by atoms with Gasteiger partial charge in [-0.1, -0.05) is 13.0 Å². The molecule has 0 aliphatic rings. The number of carboxylic acids is 1. The Kier molecular flexibility index (Phi) is 11.3. The van der Waals surface area contributed by atoms with Gasteiger partial charge in [0.1, 0.15) is 0 Å². The van der Waals surface area contributed by atoms with Crippen LogP contribution in [-0.2, 0) is 28.4 Å². The second-order valence-electron chi connectivity index (χ2n) is 2.27. The second-order valence-corrected chi connectivity index (χ2v) is 2.27. The molecule has 1 heterocycles. The number of hydrogen-bond donors (Lipinski definition) is 2. The summed E-state index contributed by atoms with van der Waals surface area (Å²) in [5.74, 6) is -0.745. The summed E-state index contributed by atoms with van der Waals surface area (Å²) in [5, 5.41) is 7.72. The monoisotopic (exact) mass is 245 g/mol. The Hall–Kier alpha value is -0.901. The molecule has 3 N–H and O–H groups in total. The van der Waals surface area contributed by atoms with E-state index >= 15 is 0 Å². The van der Waals surface area contributed by atoms with Crippen LogP contribution in [0.4, 0.5) is 0 Å². The van der Waals surface area contributed by atoms with Gasteiger partial charge < -0.3 is 10.8 Å². The molecule has 0 bridgehead atoms. The molecule has 0 spiro atoms. The second kappa shape index (κ2) is 10.2. The predicted octanol–water partition coefficient (Wildman–Crippen LogP) is 1.02. The molecule has 0 aliphatic carbocycles. The minimum absolute atomic E-state index is 0. The maximum absolute atomic E-state index is 9.37. The van der Waals surface area contributed by atoms with Crippen molar-refractivity contribution in [2.75, 3.05) is 0 Å². The van der Waals surface area contributed by atoms with Crippen molar-refractivity contribution in [3.05, 3.63) is 30.1 Å². The Balaban J connectivity index is 0. The molecule has 0 atom stereocenters. The first kappa shape index (κ1) is 15.6. The Morgan fingerprint density at radius 1 is 1.57 bits per heavy atom. The van der Waals surface area contributed by atoms with Gasteiger partial charge in [0.25, 0.3) is 0 Å². The topological polar surface area (TPSA) is 76.2 Å². The molecule has 5 heteroatoms. The van der Waals surface area contributed by atoms with E-state index in [1.807, 2.05) is 18.2 Å². The summed E-state index contributed by atoms with van der Waals surface area (Å²) in [7, 11) is 0. The molecule has 1 aromatic rings. The molecule has 1 rings (SSSR count). The number of carbonyl (C=O) groups is 1. The van der Waals surface area contributed by atoms with Crippen molar-refractivity contribution in [2.45, 2.75) is 19.9 Å². The molecule has 1 aromatic heterocycles. The predicted molar refractivity (Wildman–Crippen MR) is 50.1 cm³/mol. The molecule has 1 radical (unpaired) electrons. The molecule has 0 aromatic carbocycles. The van der Waals surface area contributed by atoms with Crippen molar-refractivity contribution in [3.63, 3.8) is 0 Å². The molecule has 0 saturated carbocycles. The van der Waals surface area contributed by atoms with Crippen molar-refractivity contribution in [1.29, 1.82) is 0 Å². The zero-order valence-electron chi connectivity index (χ0n) is 7.91. The molecule has 83 valence electrons. The minimum atomic E-state index is -0.745. The van der Waals surface area contributed by atoms with Crippen LogP contribution in [0.25, 0.3) is 0 Å². The van der Waals surface area contributed by atoms with Crippen molar-refractivity contribution in [2.24, 2.45) is 5.73 Å². The Bertz CT molecular complexity index is 242. The van der Waals surface area contributed by atoms with Crippen LogP contribution in [0, 0.1) is 0 Å². The number of nitrogens with two attached hydrogens (primary N) is 1. The van der Waals surface area contributed by atoms with Gasteiger partial charge in [-0.15, -0.1) is 0 Å². The van der Waals surface area contributed by atoms with E-state index in [-0.39, 0.29) is 23.5 Å². The van der Waals surface area contributed by atoms with E-state index in [0.717, 1.165) is 5.69 Å². The van der Waals surface area contributed by atoms with Crippen LogP contribution in [0.15, 0.2) is 24.4 Å². The van der Waals surface area contributed by atoms with Gasteiger partial charge in [-0.2, -0.15) is 0 Å². The average Bonchev–Trinajstić information content (AvgIpc) is 2.20. The zero-order valence-corrected chi connectivity index (χ0v) is 8.85. The van der Waals surface area contributed by atoms with Gasteiger partial charge in [0.05, 0.1) is 5.69 Å². The summed E-state index contributed by atoms with van der Waals surface area (Å²) in [6.45, 7) is 2.13. The summed E-state index contributed by atoms with van der Waals surface area (Å²) >= 11 is 0. The van der Waals surface area contributed by atoms with Crippen LogP contribution in [0.5, 0.6) is 0 Å². The molecular weight excluding hydrogens is 232 g/mol. The number of carboxylic acid groups (broad SMARTS) is 1. The first-order valence-electron chi connectivity index (χ1n) is 4.02. The van der Waals surface area contributed by atoms with Crippen LogP contribution in [-0.4, -0.2) is 16.1 Å². The molecule has 0 fully saturated rings. The van der Waals surface area contributed by atoms with E-state index in [9.17, 15) is 4.79 Å². The van der Waals surface area contributed by atoms with Gasteiger partial charge in [0.2, 0.25) is 0 Å². The van der Waals surface area contributed by atoms with Gasteiger partial charge in [-0.05, 0) is 12.1 Å². The van der Waals surface area contributed by atoms with Crippen molar-refractivity contribution >= 4 is 5.97 Å². The number of aromatic nitrogens is 1. The Morgan fingerprint density at radius 3 is 2.36 bits per heavy atom. The number of aliphatic carboxylic acids is 1. The van der Waals surface area contributed by atoms with Gasteiger partial charge >= 0.3 is 5.97 Å². The number of nitrogens with zero attached hydrogens (tertiary/aromatic N) is 1. The van der Waals surface area contributed by atoms with E-state index in [0.29, 0.717) is 6.54 Å². The molecule has 14 heavy (non-hydrogen) atoms. The third-order valence-corrected chi connectivity index (χ3v) is 1.24. The number of pyridine rings is 1. The molecule has 0 saturated heterocycles. The van der Waals surface area contributed by atoms with Crippen LogP contribution in [0.3, 0.4) is 0 Å².